The zero-order valence-electron chi connectivity index (χ0n) is 65.8. The molecule has 0 saturated heterocycles. The molecule has 0 aliphatic heterocycles. The second-order valence-electron chi connectivity index (χ2n) is 31.8. The molecule has 5 atom stereocenters. The van der Waals surface area contributed by atoms with Gasteiger partial charge >= 0.3 is 29.8 Å². The molecular weight excluding hydrogens is 1410 g/mol. The number of hydrogen-bond acceptors (Lipinski definition) is 11. The lowest BCUT2D eigenvalue weighted by Gasteiger charge is -2.35. The zero-order chi connectivity index (χ0) is 79.5. The van der Waals surface area contributed by atoms with Crippen molar-refractivity contribution < 1.29 is 54.6 Å². The standard InChI is InChI=1S/C21H23NO2.C19H21NO3.3C19H21NO2/c23-21(24)19-10-11-22-13-18(19)9-7-16-3-1-2-15-6-8-17(12-20(15)16)14-4-5-14;1-13-4-2-6-17-15(13)5-3-9-19(17,23)10-7-14-12-20-11-8-16(14)18(21)22;3*1-13-4-2-7-17-14(5-3-6-16(13)17)8-9-15-12-20-11-10-18(15)19(21)22/h6,8,10-14,16H,1-5,7,9H2,(H,23,24);2,4,6,8,11-12,23H,3,5,7,9-10H2,1H3,(H,21,22);3*2,4,7,10-12,14H,3,5-6,8-9H2,1H3,(H,21,22)/t;;2*14-;/m..10./s1. The summed E-state index contributed by atoms with van der Waals surface area (Å²) >= 11 is 0. The Hall–Kier alpha value is -10.8. The summed E-state index contributed by atoms with van der Waals surface area (Å²) < 4.78 is 0. The molecule has 0 radical (unpaired) electrons. The molecule has 113 heavy (non-hydrogen) atoms. The van der Waals surface area contributed by atoms with Gasteiger partial charge in [0.15, 0.2) is 0 Å². The van der Waals surface area contributed by atoms with Gasteiger partial charge in [-0.15, -0.1) is 0 Å². The molecule has 5 heterocycles. The Morgan fingerprint density at radius 3 is 1.03 bits per heavy atom. The van der Waals surface area contributed by atoms with Crippen LogP contribution in [0.2, 0.25) is 0 Å². The van der Waals surface area contributed by atoms with E-state index in [9.17, 15) is 54.6 Å². The highest BCUT2D eigenvalue weighted by molar-refractivity contribution is 5.91. The predicted molar refractivity (Wildman–Crippen MR) is 440 cm³/mol. The first kappa shape index (κ1) is 81.6. The Labute approximate surface area is 664 Å². The van der Waals surface area contributed by atoms with Crippen LogP contribution in [0.4, 0.5) is 0 Å². The third-order valence-corrected chi connectivity index (χ3v) is 24.7. The van der Waals surface area contributed by atoms with Gasteiger partial charge < -0.3 is 30.6 Å². The van der Waals surface area contributed by atoms with Crippen molar-refractivity contribution in [3.8, 4) is 0 Å². The molecule has 1 fully saturated rings. The van der Waals surface area contributed by atoms with Crippen molar-refractivity contribution in [2.75, 3.05) is 0 Å². The van der Waals surface area contributed by atoms with E-state index in [1.807, 2.05) is 12.1 Å². The molecule has 0 bridgehead atoms. The second kappa shape index (κ2) is 38.6. The number of aryl methyl sites for hydroxylation is 10. The molecular formula is C97H107N5O11. The number of rotatable bonds is 21. The number of hydrogen-bond donors (Lipinski definition) is 6. The molecule has 10 aromatic rings. The van der Waals surface area contributed by atoms with Crippen LogP contribution in [0, 0.1) is 27.7 Å². The lowest BCUT2D eigenvalue weighted by molar-refractivity contribution is 0.0100. The van der Waals surface area contributed by atoms with Crippen LogP contribution in [0.5, 0.6) is 0 Å². The maximum atomic E-state index is 11.4. The van der Waals surface area contributed by atoms with Crippen molar-refractivity contribution in [2.45, 2.75) is 236 Å². The van der Waals surface area contributed by atoms with Gasteiger partial charge in [0.05, 0.1) is 33.4 Å². The number of fused-ring (bicyclic) bond motifs is 5. The molecule has 16 rings (SSSR count). The van der Waals surface area contributed by atoms with Crippen LogP contribution in [-0.2, 0) is 69.8 Å². The molecule has 3 unspecified atom stereocenters. The van der Waals surface area contributed by atoms with Gasteiger partial charge in [-0.05, 0) is 372 Å². The molecule has 5 aromatic carbocycles. The largest absolute Gasteiger partial charge is 0.478 e. The van der Waals surface area contributed by atoms with Gasteiger partial charge in [0.1, 0.15) is 0 Å². The van der Waals surface area contributed by atoms with Gasteiger partial charge in [-0.25, -0.2) is 24.0 Å². The smallest absolute Gasteiger partial charge is 0.336 e. The van der Waals surface area contributed by atoms with Gasteiger partial charge in [0.2, 0.25) is 0 Å². The SMILES string of the molecule is Cc1cccc2c1CCCC2(O)CCc1cnccc1C(=O)O.Cc1cccc2c1CCCC2CCc1cnccc1C(=O)O.Cc1cccc2c1CCC[C@@H]2CCc1cnccc1C(=O)O.Cc1cccc2c1CCC[C@H]2CCc1cnccc1C(=O)O.O=C(O)c1ccncc1CCC1CCCc2ccc(C3CC3)cc21. The summed E-state index contributed by atoms with van der Waals surface area (Å²) in [5.74, 6) is -1.46. The highest BCUT2D eigenvalue weighted by Gasteiger charge is 2.36. The lowest BCUT2D eigenvalue weighted by Crippen LogP contribution is -2.31. The lowest BCUT2D eigenvalue weighted by atomic mass is 9.75. The summed E-state index contributed by atoms with van der Waals surface area (Å²) in [6, 6.07) is 40.8. The van der Waals surface area contributed by atoms with Crippen molar-refractivity contribution in [3.05, 3.63) is 322 Å². The van der Waals surface area contributed by atoms with E-state index < -0.39 is 35.4 Å². The summed E-state index contributed by atoms with van der Waals surface area (Å²) in [7, 11) is 0. The monoisotopic (exact) mass is 1520 g/mol. The van der Waals surface area contributed by atoms with Crippen LogP contribution in [0.15, 0.2) is 183 Å². The van der Waals surface area contributed by atoms with Crippen molar-refractivity contribution in [1.29, 1.82) is 0 Å². The van der Waals surface area contributed by atoms with Gasteiger partial charge in [-0.1, -0.05) is 91.0 Å². The Kier molecular flexibility index (Phi) is 27.9. The van der Waals surface area contributed by atoms with Crippen LogP contribution < -0.4 is 0 Å². The minimum absolute atomic E-state index is 0.267. The topological polar surface area (TPSA) is 271 Å². The summed E-state index contributed by atoms with van der Waals surface area (Å²) in [4.78, 5) is 76.9. The first-order chi connectivity index (χ1) is 54.7. The van der Waals surface area contributed by atoms with E-state index in [0.29, 0.717) is 70.8 Å². The second-order valence-corrected chi connectivity index (χ2v) is 31.8. The molecule has 6 aliphatic rings. The van der Waals surface area contributed by atoms with Crippen molar-refractivity contribution in [1.82, 2.24) is 24.9 Å². The average Bonchev–Trinajstić information content (AvgIpc) is 1.26. The fourth-order valence-corrected chi connectivity index (χ4v) is 18.4. The Morgan fingerprint density at radius 1 is 0.354 bits per heavy atom. The Bertz CT molecular complexity index is 4740. The number of carboxylic acid groups (broad SMARTS) is 5. The molecule has 6 aliphatic carbocycles. The minimum atomic E-state index is -0.950. The van der Waals surface area contributed by atoms with E-state index in [1.54, 1.807) is 80.0 Å². The molecule has 16 nitrogen and oxygen atoms in total. The van der Waals surface area contributed by atoms with Gasteiger partial charge in [-0.2, -0.15) is 0 Å². The number of pyridine rings is 5. The Morgan fingerprint density at radius 2 is 0.673 bits per heavy atom. The first-order valence-electron chi connectivity index (χ1n) is 40.7. The number of carboxylic acids is 5. The fraction of sp³-hybridized carbons (Fsp3) is 0.381. The van der Waals surface area contributed by atoms with E-state index in [1.165, 1.54) is 180 Å². The maximum Gasteiger partial charge on any atom is 0.336 e. The minimum Gasteiger partial charge on any atom is -0.478 e. The van der Waals surface area contributed by atoms with Crippen LogP contribution in [0.3, 0.4) is 0 Å². The van der Waals surface area contributed by atoms with Crippen molar-refractivity contribution in [3.63, 3.8) is 0 Å². The maximum absolute atomic E-state index is 11.4. The molecule has 6 N–H and O–H groups in total. The number of aromatic carboxylic acids is 5. The van der Waals surface area contributed by atoms with Crippen LogP contribution >= 0.6 is 0 Å². The van der Waals surface area contributed by atoms with Crippen LogP contribution in [0.1, 0.15) is 302 Å². The van der Waals surface area contributed by atoms with E-state index in [4.69, 9.17) is 0 Å². The van der Waals surface area contributed by atoms with E-state index in [0.717, 1.165) is 97.9 Å². The zero-order valence-corrected chi connectivity index (χ0v) is 65.8. The fourth-order valence-electron chi connectivity index (χ4n) is 18.4. The number of aromatic nitrogens is 5. The summed E-state index contributed by atoms with van der Waals surface area (Å²) in [5.41, 5.74) is 26.0. The molecule has 5 aromatic heterocycles. The molecule has 1 saturated carbocycles. The van der Waals surface area contributed by atoms with E-state index in [2.05, 4.69) is 131 Å². The van der Waals surface area contributed by atoms with Gasteiger partial charge in [-0.3, -0.25) is 24.9 Å². The summed E-state index contributed by atoms with van der Waals surface area (Å²) in [6.45, 7) is 8.63. The van der Waals surface area contributed by atoms with Crippen LogP contribution in [-0.4, -0.2) is 85.4 Å². The first-order valence-corrected chi connectivity index (χ1v) is 40.7. The van der Waals surface area contributed by atoms with Crippen LogP contribution in [0.25, 0.3) is 0 Å². The highest BCUT2D eigenvalue weighted by atomic mass is 16.4. The third-order valence-electron chi connectivity index (χ3n) is 24.7. The van der Waals surface area contributed by atoms with Crippen molar-refractivity contribution >= 4 is 29.8 Å². The molecule has 0 spiro atoms. The third kappa shape index (κ3) is 20.7. The number of nitrogens with zero attached hydrogens (tertiary/aromatic N) is 5. The average molecular weight is 1520 g/mol. The van der Waals surface area contributed by atoms with Crippen molar-refractivity contribution in [2.24, 2.45) is 0 Å². The predicted octanol–water partition coefficient (Wildman–Crippen LogP) is 20.4. The van der Waals surface area contributed by atoms with Gasteiger partial charge in [0.25, 0.3) is 0 Å². The normalized spacial score (nSPS) is 18.2. The number of aliphatic hydroxyl groups is 1. The molecule has 16 heteroatoms. The number of benzene rings is 5. The molecule has 586 valence electrons. The Balaban J connectivity index is 0.000000131. The molecule has 0 amide bonds. The highest BCUT2D eigenvalue weighted by Crippen LogP contribution is 2.45. The van der Waals surface area contributed by atoms with E-state index >= 15 is 0 Å². The summed E-state index contributed by atoms with van der Waals surface area (Å²) in [6.07, 6.45) is 43.9. The van der Waals surface area contributed by atoms with Gasteiger partial charge in [0, 0.05) is 62.0 Å². The quantitative estimate of drug-likeness (QED) is 0.0390. The summed E-state index contributed by atoms with van der Waals surface area (Å²) in [5, 5.41) is 57.6. The number of carbonyl (C=O) groups is 5. The van der Waals surface area contributed by atoms with E-state index in [-0.39, 0.29) is 5.56 Å².